The van der Waals surface area contributed by atoms with Gasteiger partial charge in [-0.1, -0.05) is 188 Å². The fourth-order valence-electron chi connectivity index (χ4n) is 9.28. The van der Waals surface area contributed by atoms with E-state index in [4.69, 9.17) is 0 Å². The van der Waals surface area contributed by atoms with Crippen LogP contribution >= 0.6 is 11.3 Å². The molecule has 57 heavy (non-hydrogen) atoms. The van der Waals surface area contributed by atoms with E-state index in [0.29, 0.717) is 0 Å². The van der Waals surface area contributed by atoms with E-state index in [1.165, 1.54) is 75.8 Å². The Kier molecular flexibility index (Phi) is 7.98. The highest BCUT2D eigenvalue weighted by Crippen LogP contribution is 2.58. The highest BCUT2D eigenvalue weighted by molar-refractivity contribution is 7.26. The van der Waals surface area contributed by atoms with E-state index in [1.54, 1.807) is 0 Å². The lowest BCUT2D eigenvalue weighted by Crippen LogP contribution is -2.28. The molecule has 9 aromatic carbocycles. The van der Waals surface area contributed by atoms with Crippen LogP contribution in [0.2, 0.25) is 0 Å². The summed E-state index contributed by atoms with van der Waals surface area (Å²) >= 11 is 1.91. The molecule has 268 valence electrons. The molecule has 1 aromatic heterocycles. The van der Waals surface area contributed by atoms with Gasteiger partial charge in [0.05, 0.1) is 11.1 Å². The number of anilines is 3. The first-order valence-corrected chi connectivity index (χ1v) is 20.4. The van der Waals surface area contributed by atoms with Crippen LogP contribution in [0, 0.1) is 0 Å². The number of fused-ring (bicyclic) bond motifs is 6. The SMILES string of the molecule is c1ccc(-c2ccc(N(c3ccc(-c4ccccc4)cc3)c3cccc4sc5c(C6(c7ccccc7)c7ccccc7-c7ccccc76)cccc5c34)cc2)cc1. The second kappa shape index (κ2) is 13.6. The van der Waals surface area contributed by atoms with Crippen LogP contribution in [-0.4, -0.2) is 0 Å². The van der Waals surface area contributed by atoms with E-state index in [0.717, 1.165) is 17.1 Å². The Morgan fingerprint density at radius 3 is 1.37 bits per heavy atom. The van der Waals surface area contributed by atoms with Crippen LogP contribution in [0.15, 0.2) is 224 Å². The molecule has 0 spiro atoms. The van der Waals surface area contributed by atoms with Crippen molar-refractivity contribution in [2.45, 2.75) is 5.41 Å². The Bertz CT molecular complexity index is 2910. The lowest BCUT2D eigenvalue weighted by molar-refractivity contribution is 0.778. The number of hydrogen-bond donors (Lipinski definition) is 0. The maximum absolute atomic E-state index is 2.44. The molecular formula is C55H37NS. The monoisotopic (exact) mass is 743 g/mol. The van der Waals surface area contributed by atoms with E-state index < -0.39 is 5.41 Å². The molecular weight excluding hydrogens is 707 g/mol. The lowest BCUT2D eigenvalue weighted by Gasteiger charge is -2.34. The van der Waals surface area contributed by atoms with Gasteiger partial charge in [-0.25, -0.2) is 0 Å². The number of hydrogen-bond acceptors (Lipinski definition) is 2. The van der Waals surface area contributed by atoms with E-state index >= 15 is 0 Å². The molecule has 1 nitrogen and oxygen atoms in total. The average molecular weight is 744 g/mol. The van der Waals surface area contributed by atoms with Crippen LogP contribution in [0.1, 0.15) is 22.3 Å². The Labute approximate surface area is 337 Å². The van der Waals surface area contributed by atoms with Crippen LogP contribution in [0.5, 0.6) is 0 Å². The van der Waals surface area contributed by atoms with Gasteiger partial charge in [0.2, 0.25) is 0 Å². The fraction of sp³-hybridized carbons (Fsp3) is 0.0182. The van der Waals surface area contributed by atoms with Crippen molar-refractivity contribution in [2.75, 3.05) is 4.90 Å². The van der Waals surface area contributed by atoms with E-state index in [9.17, 15) is 0 Å². The molecule has 0 fully saturated rings. The molecule has 1 aliphatic carbocycles. The molecule has 1 aliphatic rings. The van der Waals surface area contributed by atoms with E-state index in [1.807, 2.05) is 11.3 Å². The van der Waals surface area contributed by atoms with E-state index in [-0.39, 0.29) is 0 Å². The third-order valence-electron chi connectivity index (χ3n) is 11.8. The number of benzene rings is 9. The van der Waals surface area contributed by atoms with Crippen LogP contribution < -0.4 is 4.90 Å². The summed E-state index contributed by atoms with van der Waals surface area (Å²) in [5.74, 6) is 0. The van der Waals surface area contributed by atoms with Crippen molar-refractivity contribution in [3.63, 3.8) is 0 Å². The van der Waals surface area contributed by atoms with Crippen molar-refractivity contribution in [3.8, 4) is 33.4 Å². The predicted molar refractivity (Wildman–Crippen MR) is 242 cm³/mol. The minimum Gasteiger partial charge on any atom is -0.310 e. The number of rotatable bonds is 7. The molecule has 0 bridgehead atoms. The molecule has 0 atom stereocenters. The second-order valence-corrected chi connectivity index (χ2v) is 15.9. The summed E-state index contributed by atoms with van der Waals surface area (Å²) in [5.41, 5.74) is 15.6. The van der Waals surface area contributed by atoms with Crippen molar-refractivity contribution < 1.29 is 0 Å². The maximum atomic E-state index is 2.44. The van der Waals surface area contributed by atoms with Gasteiger partial charge >= 0.3 is 0 Å². The number of thiophene rings is 1. The Balaban J connectivity index is 1.15. The minimum absolute atomic E-state index is 0.477. The van der Waals surface area contributed by atoms with Crippen LogP contribution in [0.4, 0.5) is 17.1 Å². The Morgan fingerprint density at radius 1 is 0.351 bits per heavy atom. The van der Waals surface area contributed by atoms with Gasteiger partial charge in [0.1, 0.15) is 0 Å². The molecule has 0 radical (unpaired) electrons. The highest BCUT2D eigenvalue weighted by Gasteiger charge is 2.47. The zero-order valence-electron chi connectivity index (χ0n) is 31.2. The highest BCUT2D eigenvalue weighted by atomic mass is 32.1. The molecule has 0 saturated heterocycles. The molecule has 1 heterocycles. The minimum atomic E-state index is -0.477. The summed E-state index contributed by atoms with van der Waals surface area (Å²) in [6.45, 7) is 0. The summed E-state index contributed by atoms with van der Waals surface area (Å²) < 4.78 is 2.58. The molecule has 11 rings (SSSR count). The Hall–Kier alpha value is -7.00. The van der Waals surface area contributed by atoms with Gasteiger partial charge in [0, 0.05) is 31.5 Å². The summed E-state index contributed by atoms with van der Waals surface area (Å²) in [6.07, 6.45) is 0. The summed E-state index contributed by atoms with van der Waals surface area (Å²) in [7, 11) is 0. The predicted octanol–water partition coefficient (Wildman–Crippen LogP) is 15.2. The van der Waals surface area contributed by atoms with Crippen molar-refractivity contribution in [1.29, 1.82) is 0 Å². The van der Waals surface area contributed by atoms with Crippen molar-refractivity contribution in [2.24, 2.45) is 0 Å². The summed E-state index contributed by atoms with van der Waals surface area (Å²) in [5, 5.41) is 2.54. The van der Waals surface area contributed by atoms with Gasteiger partial charge < -0.3 is 4.90 Å². The second-order valence-electron chi connectivity index (χ2n) is 14.8. The maximum Gasteiger partial charge on any atom is 0.0727 e. The van der Waals surface area contributed by atoms with Gasteiger partial charge in [0.15, 0.2) is 0 Å². The zero-order chi connectivity index (χ0) is 37.8. The third kappa shape index (κ3) is 5.29. The first kappa shape index (κ1) is 33.3. The van der Waals surface area contributed by atoms with Crippen LogP contribution in [-0.2, 0) is 5.41 Å². The van der Waals surface area contributed by atoms with Gasteiger partial charge in [-0.05, 0) is 92.0 Å². The third-order valence-corrected chi connectivity index (χ3v) is 13.0. The van der Waals surface area contributed by atoms with Gasteiger partial charge in [-0.15, -0.1) is 11.3 Å². The lowest BCUT2D eigenvalue weighted by atomic mass is 9.67. The first-order chi connectivity index (χ1) is 28.3. The van der Waals surface area contributed by atoms with Crippen molar-refractivity contribution in [3.05, 3.63) is 247 Å². The topological polar surface area (TPSA) is 3.24 Å². The van der Waals surface area contributed by atoms with E-state index in [2.05, 4.69) is 229 Å². The molecule has 0 aliphatic heterocycles. The van der Waals surface area contributed by atoms with Crippen LogP contribution in [0.25, 0.3) is 53.6 Å². The first-order valence-electron chi connectivity index (χ1n) is 19.6. The quantitative estimate of drug-likeness (QED) is 0.157. The van der Waals surface area contributed by atoms with Crippen molar-refractivity contribution >= 4 is 48.6 Å². The molecule has 10 aromatic rings. The standard InChI is InChI=1S/C55H37NS/c1-4-16-38(17-5-1)40-30-34-43(35-31-40)56(44-36-32-41(33-37-44)39-18-6-2-7-19-39)51-28-15-29-52-53(51)47-24-14-27-50(54(47)57-52)55(42-20-8-3-9-21-42)48-25-12-10-22-45(48)46-23-11-13-26-49(46)55/h1-37H. The Morgan fingerprint density at radius 2 is 0.807 bits per heavy atom. The smallest absolute Gasteiger partial charge is 0.0727 e. The summed E-state index contributed by atoms with van der Waals surface area (Å²) in [6, 6.07) is 82.3. The zero-order valence-corrected chi connectivity index (χ0v) is 32.0. The average Bonchev–Trinajstić information content (AvgIpc) is 3.83. The van der Waals surface area contributed by atoms with Gasteiger partial charge in [-0.3, -0.25) is 0 Å². The molecule has 0 saturated carbocycles. The fourth-order valence-corrected chi connectivity index (χ4v) is 10.6. The van der Waals surface area contributed by atoms with Gasteiger partial charge in [-0.2, -0.15) is 0 Å². The largest absolute Gasteiger partial charge is 0.310 e. The van der Waals surface area contributed by atoms with Crippen molar-refractivity contribution in [1.82, 2.24) is 0 Å². The van der Waals surface area contributed by atoms with Crippen LogP contribution in [0.3, 0.4) is 0 Å². The normalized spacial score (nSPS) is 12.7. The molecule has 0 N–H and O–H groups in total. The van der Waals surface area contributed by atoms with Gasteiger partial charge in [0.25, 0.3) is 0 Å². The molecule has 2 heteroatoms. The molecule has 0 amide bonds. The number of nitrogens with zero attached hydrogens (tertiary/aromatic N) is 1. The summed E-state index contributed by atoms with van der Waals surface area (Å²) in [4.78, 5) is 2.44. The molecule has 0 unspecified atom stereocenters.